The van der Waals surface area contributed by atoms with E-state index >= 15 is 0 Å². The van der Waals surface area contributed by atoms with Crippen LogP contribution >= 0.6 is 0 Å². The molecule has 11 atom stereocenters. The van der Waals surface area contributed by atoms with Gasteiger partial charge in [0.1, 0.15) is 0 Å². The fourth-order valence-electron chi connectivity index (χ4n) is 11.7. The normalized spacial score (nSPS) is 57.6. The number of carboxylic acid groups (broad SMARTS) is 1. The average molecular weight is 491 g/mol. The Kier molecular flexibility index (Phi) is 5.71. The molecule has 0 amide bonds. The number of hydrogen-bond acceptors (Lipinski definition) is 4. The van der Waals surface area contributed by atoms with E-state index < -0.39 is 23.1 Å². The van der Waals surface area contributed by atoms with Crippen molar-refractivity contribution >= 4 is 5.97 Å². The maximum Gasteiger partial charge on any atom is 0.312 e. The quantitative estimate of drug-likeness (QED) is 0.395. The summed E-state index contributed by atoms with van der Waals surface area (Å²) in [4.78, 5) is 12.5. The molecule has 0 aromatic heterocycles. The summed E-state index contributed by atoms with van der Waals surface area (Å²) in [5.74, 6) is 0.0595. The first kappa shape index (κ1) is 26.0. The fourth-order valence-corrected chi connectivity index (χ4v) is 11.7. The first-order chi connectivity index (χ1) is 16.1. The minimum absolute atomic E-state index is 0.0121. The van der Waals surface area contributed by atoms with Gasteiger partial charge in [-0.05, 0) is 123 Å². The van der Waals surface area contributed by atoms with E-state index in [1.165, 1.54) is 0 Å². The summed E-state index contributed by atoms with van der Waals surface area (Å²) in [5, 5.41) is 44.4. The van der Waals surface area contributed by atoms with Crippen molar-refractivity contribution in [3.05, 3.63) is 0 Å². The highest BCUT2D eigenvalue weighted by Gasteiger charge is 2.68. The molecule has 5 heteroatoms. The van der Waals surface area contributed by atoms with Gasteiger partial charge in [-0.25, -0.2) is 0 Å². The van der Waals surface area contributed by atoms with Gasteiger partial charge in [0, 0.05) is 0 Å². The van der Waals surface area contributed by atoms with Gasteiger partial charge in [0.2, 0.25) is 0 Å². The molecule has 5 fully saturated rings. The van der Waals surface area contributed by atoms with Crippen molar-refractivity contribution in [3.63, 3.8) is 0 Å². The fraction of sp³-hybridized carbons (Fsp3) is 0.967. The van der Waals surface area contributed by atoms with Crippen LogP contribution in [-0.4, -0.2) is 44.2 Å². The summed E-state index contributed by atoms with van der Waals surface area (Å²) in [5.41, 5.74) is -2.10. The molecule has 0 spiro atoms. The highest BCUT2D eigenvalue weighted by atomic mass is 16.4. The van der Waals surface area contributed by atoms with Crippen LogP contribution in [0.1, 0.15) is 112 Å². The third-order valence-corrected chi connectivity index (χ3v) is 13.5. The number of rotatable bonds is 1. The third kappa shape index (κ3) is 3.25. The van der Waals surface area contributed by atoms with Gasteiger partial charge in [0.25, 0.3) is 0 Å². The van der Waals surface area contributed by atoms with E-state index in [2.05, 4.69) is 34.6 Å². The SMILES string of the molecule is CC1(C)[C@H](O)CC[C@@]2(C)[C@H]1CC[C@@]1(O)C[C@]3(C)CC[C@@H]4[C@](C)(CC[C@H](O)[C@]4(C)C(=O)O)[C@H]3CC[C@@H]12. The molecule has 0 aliphatic heterocycles. The molecule has 0 radical (unpaired) electrons. The minimum atomic E-state index is -1.11. The van der Waals surface area contributed by atoms with Crippen molar-refractivity contribution in [2.75, 3.05) is 0 Å². The summed E-state index contributed by atoms with van der Waals surface area (Å²) in [6.45, 7) is 13.3. The summed E-state index contributed by atoms with van der Waals surface area (Å²) >= 11 is 0. The first-order valence-electron chi connectivity index (χ1n) is 14.4. The Morgan fingerprint density at radius 1 is 0.657 bits per heavy atom. The van der Waals surface area contributed by atoms with E-state index in [-0.39, 0.29) is 39.6 Å². The zero-order valence-corrected chi connectivity index (χ0v) is 22.9. The lowest BCUT2D eigenvalue weighted by Gasteiger charge is -2.64. The molecular weight excluding hydrogens is 440 g/mol. The van der Waals surface area contributed by atoms with Crippen LogP contribution < -0.4 is 0 Å². The van der Waals surface area contributed by atoms with Crippen LogP contribution in [0.4, 0.5) is 0 Å². The maximum atomic E-state index is 12.5. The molecule has 35 heavy (non-hydrogen) atoms. The standard InChI is InChI=1S/C30H50O5/c1-25(2)18-10-16-30(35)17-26(3)13-9-20-28(5,15-12-23(32)29(20,6)24(33)34)19(26)7-8-21(30)27(18,4)14-11-22(25)31/h18-23,31-32,35H,7-17H2,1-6H3,(H,33,34)/t18-,19-,20+,21+,22+,23-,26-,27-,28+,29+,30+/m0/s1. The zero-order chi connectivity index (χ0) is 25.8. The summed E-state index contributed by atoms with van der Waals surface area (Å²) in [6, 6.07) is 0. The Labute approximate surface area is 212 Å². The first-order valence-corrected chi connectivity index (χ1v) is 14.4. The molecule has 5 aliphatic rings. The van der Waals surface area contributed by atoms with E-state index in [0.29, 0.717) is 18.3 Å². The number of aliphatic hydroxyl groups excluding tert-OH is 2. The average Bonchev–Trinajstić information content (AvgIpc) is 2.88. The van der Waals surface area contributed by atoms with Crippen molar-refractivity contribution in [1.82, 2.24) is 0 Å². The molecule has 0 unspecified atom stereocenters. The van der Waals surface area contributed by atoms with Gasteiger partial charge in [0.15, 0.2) is 0 Å². The minimum Gasteiger partial charge on any atom is -0.481 e. The Balaban J connectivity index is 1.53. The van der Waals surface area contributed by atoms with Gasteiger partial charge >= 0.3 is 5.97 Å². The lowest BCUT2D eigenvalue weighted by atomic mass is 9.41. The molecule has 5 rings (SSSR count). The lowest BCUT2D eigenvalue weighted by Crippen LogP contribution is -2.63. The Bertz CT molecular complexity index is 886. The summed E-state index contributed by atoms with van der Waals surface area (Å²) in [7, 11) is 0. The topological polar surface area (TPSA) is 98.0 Å². The van der Waals surface area contributed by atoms with Gasteiger partial charge in [-0.3, -0.25) is 4.79 Å². The summed E-state index contributed by atoms with van der Waals surface area (Å²) in [6.07, 6.45) is 8.42. The number of aliphatic hydroxyl groups is 3. The highest BCUT2D eigenvalue weighted by Crippen LogP contribution is 2.71. The van der Waals surface area contributed by atoms with Crippen molar-refractivity contribution in [1.29, 1.82) is 0 Å². The van der Waals surface area contributed by atoms with E-state index in [1.54, 1.807) is 6.92 Å². The number of aliphatic carboxylic acids is 1. The number of carbonyl (C=O) groups is 1. The van der Waals surface area contributed by atoms with Crippen LogP contribution in [0.5, 0.6) is 0 Å². The van der Waals surface area contributed by atoms with Crippen LogP contribution in [0.25, 0.3) is 0 Å². The molecule has 0 heterocycles. The van der Waals surface area contributed by atoms with E-state index in [4.69, 9.17) is 0 Å². The third-order valence-electron chi connectivity index (χ3n) is 13.5. The molecule has 0 saturated heterocycles. The Hall–Kier alpha value is -0.650. The van der Waals surface area contributed by atoms with Crippen molar-refractivity contribution in [2.45, 2.75) is 130 Å². The Morgan fingerprint density at radius 3 is 1.83 bits per heavy atom. The van der Waals surface area contributed by atoms with Gasteiger partial charge in [-0.1, -0.05) is 34.6 Å². The van der Waals surface area contributed by atoms with Crippen molar-refractivity contribution in [2.24, 2.45) is 50.7 Å². The van der Waals surface area contributed by atoms with Crippen molar-refractivity contribution < 1.29 is 25.2 Å². The number of carboxylic acids is 1. The van der Waals surface area contributed by atoms with Gasteiger partial charge in [0.05, 0.1) is 23.2 Å². The van der Waals surface area contributed by atoms with Crippen LogP contribution in [0.15, 0.2) is 0 Å². The maximum absolute atomic E-state index is 12.5. The molecule has 4 N–H and O–H groups in total. The molecule has 5 nitrogen and oxygen atoms in total. The van der Waals surface area contributed by atoms with Crippen LogP contribution in [0, 0.1) is 50.7 Å². The predicted molar refractivity (Wildman–Crippen MR) is 136 cm³/mol. The number of hydrogen-bond donors (Lipinski definition) is 4. The smallest absolute Gasteiger partial charge is 0.312 e. The van der Waals surface area contributed by atoms with Crippen LogP contribution in [0.3, 0.4) is 0 Å². The Morgan fingerprint density at radius 2 is 1.20 bits per heavy atom. The molecule has 200 valence electrons. The lowest BCUT2D eigenvalue weighted by molar-refractivity contribution is -0.216. The van der Waals surface area contributed by atoms with Gasteiger partial charge in [-0.2, -0.15) is 0 Å². The second-order valence-electron chi connectivity index (χ2n) is 15.3. The van der Waals surface area contributed by atoms with E-state index in [0.717, 1.165) is 64.2 Å². The van der Waals surface area contributed by atoms with Crippen LogP contribution in [-0.2, 0) is 4.79 Å². The van der Waals surface area contributed by atoms with Crippen molar-refractivity contribution in [3.8, 4) is 0 Å². The second-order valence-corrected chi connectivity index (χ2v) is 15.3. The van der Waals surface area contributed by atoms with E-state index in [9.17, 15) is 25.2 Å². The molecule has 0 bridgehead atoms. The van der Waals surface area contributed by atoms with E-state index in [1.807, 2.05) is 0 Å². The van der Waals surface area contributed by atoms with Crippen LogP contribution in [0.2, 0.25) is 0 Å². The monoisotopic (exact) mass is 490 g/mol. The largest absolute Gasteiger partial charge is 0.481 e. The molecule has 5 saturated carbocycles. The molecule has 5 aliphatic carbocycles. The second kappa shape index (κ2) is 7.69. The highest BCUT2D eigenvalue weighted by molar-refractivity contribution is 5.76. The number of fused-ring (bicyclic) bond motifs is 6. The van der Waals surface area contributed by atoms with Gasteiger partial charge in [-0.15, -0.1) is 0 Å². The molecular formula is C30H50O5. The predicted octanol–water partition coefficient (Wildman–Crippen LogP) is 5.40. The summed E-state index contributed by atoms with van der Waals surface area (Å²) < 4.78 is 0. The van der Waals surface area contributed by atoms with Gasteiger partial charge < -0.3 is 20.4 Å². The zero-order valence-electron chi connectivity index (χ0n) is 22.9. The molecule has 0 aromatic rings. The molecule has 0 aromatic carbocycles.